The molecule has 0 bridgehead atoms. The number of likely N-dealkylation sites (tertiary alicyclic amines) is 1. The van der Waals surface area contributed by atoms with Gasteiger partial charge < -0.3 is 27.0 Å². The Kier molecular flexibility index (Phi) is 9.75. The van der Waals surface area contributed by atoms with E-state index in [-0.39, 0.29) is 36.6 Å². The largest absolute Gasteiger partial charge is 0.355 e. The van der Waals surface area contributed by atoms with Crippen molar-refractivity contribution < 1.29 is 14.4 Å². The van der Waals surface area contributed by atoms with E-state index in [0.29, 0.717) is 26.2 Å². The van der Waals surface area contributed by atoms with Crippen LogP contribution in [-0.2, 0) is 9.59 Å². The van der Waals surface area contributed by atoms with Gasteiger partial charge in [-0.3, -0.25) is 9.59 Å². The van der Waals surface area contributed by atoms with E-state index in [9.17, 15) is 14.4 Å². The van der Waals surface area contributed by atoms with Crippen LogP contribution in [0.15, 0.2) is 24.3 Å². The lowest BCUT2D eigenvalue weighted by atomic mass is 9.95. The summed E-state index contributed by atoms with van der Waals surface area (Å²) in [6.07, 6.45) is 1.62. The molecule has 1 aliphatic heterocycles. The lowest BCUT2D eigenvalue weighted by Crippen LogP contribution is -2.47. The van der Waals surface area contributed by atoms with Crippen molar-refractivity contribution in [3.8, 4) is 0 Å². The van der Waals surface area contributed by atoms with E-state index in [4.69, 9.17) is 11.5 Å². The van der Waals surface area contributed by atoms with Crippen molar-refractivity contribution in [3.63, 3.8) is 0 Å². The van der Waals surface area contributed by atoms with Gasteiger partial charge in [0, 0.05) is 26.2 Å². The van der Waals surface area contributed by atoms with E-state index in [1.165, 1.54) is 0 Å². The Hall–Kier alpha value is -2.32. The lowest BCUT2D eigenvalue weighted by molar-refractivity contribution is -0.136. The van der Waals surface area contributed by atoms with Crippen LogP contribution in [0.3, 0.4) is 0 Å². The minimum Gasteiger partial charge on any atom is -0.355 e. The average Bonchev–Trinajstić information content (AvgIpc) is 2.65. The molecule has 0 saturated carbocycles. The van der Waals surface area contributed by atoms with Crippen molar-refractivity contribution >= 4 is 30.3 Å². The van der Waals surface area contributed by atoms with E-state index in [1.54, 1.807) is 4.90 Å². The predicted octanol–water partition coefficient (Wildman–Crippen LogP) is 0.830. The van der Waals surface area contributed by atoms with Crippen LogP contribution in [0.5, 0.6) is 0 Å². The Balaban J connectivity index is 0.00000392. The van der Waals surface area contributed by atoms with Gasteiger partial charge >= 0.3 is 6.03 Å². The number of hydrogen-bond acceptors (Lipinski definition) is 4. The maximum atomic E-state index is 12.8. The molecule has 0 aromatic heterocycles. The molecule has 1 heterocycles. The van der Waals surface area contributed by atoms with Crippen LogP contribution in [0.2, 0.25) is 0 Å². The second kappa shape index (κ2) is 11.5. The fraction of sp³-hybridized carbons (Fsp3) is 0.526. The number of amides is 4. The predicted molar refractivity (Wildman–Crippen MR) is 110 cm³/mol. The van der Waals surface area contributed by atoms with Crippen LogP contribution in [0.25, 0.3) is 0 Å². The summed E-state index contributed by atoms with van der Waals surface area (Å²) in [5, 5.41) is 5.45. The van der Waals surface area contributed by atoms with Crippen LogP contribution in [0.1, 0.15) is 36.4 Å². The van der Waals surface area contributed by atoms with Gasteiger partial charge in [-0.1, -0.05) is 24.3 Å². The molecule has 0 aliphatic carbocycles. The molecule has 9 heteroatoms. The molecule has 0 spiro atoms. The second-order valence-electron chi connectivity index (χ2n) is 6.88. The Morgan fingerprint density at radius 3 is 2.64 bits per heavy atom. The highest BCUT2D eigenvalue weighted by molar-refractivity contribution is 5.85. The normalized spacial score (nSPS) is 17.2. The van der Waals surface area contributed by atoms with Gasteiger partial charge in [0.15, 0.2) is 0 Å². The van der Waals surface area contributed by atoms with Crippen LogP contribution >= 0.6 is 12.4 Å². The summed E-state index contributed by atoms with van der Waals surface area (Å²) in [4.78, 5) is 38.1. The van der Waals surface area contributed by atoms with E-state index < -0.39 is 12.1 Å². The zero-order valence-electron chi connectivity index (χ0n) is 16.1. The number of halogens is 1. The van der Waals surface area contributed by atoms with Gasteiger partial charge in [-0.15, -0.1) is 12.4 Å². The molecule has 2 unspecified atom stereocenters. The van der Waals surface area contributed by atoms with Crippen molar-refractivity contribution in [2.24, 2.45) is 17.4 Å². The third-order valence-corrected chi connectivity index (χ3v) is 4.85. The molecule has 0 radical (unpaired) electrons. The summed E-state index contributed by atoms with van der Waals surface area (Å²) < 4.78 is 0. The molecule has 6 N–H and O–H groups in total. The van der Waals surface area contributed by atoms with Gasteiger partial charge in [0.2, 0.25) is 11.8 Å². The first-order chi connectivity index (χ1) is 12.9. The van der Waals surface area contributed by atoms with Crippen LogP contribution in [0.4, 0.5) is 4.79 Å². The Morgan fingerprint density at radius 2 is 2.00 bits per heavy atom. The van der Waals surface area contributed by atoms with E-state index in [0.717, 1.165) is 24.0 Å². The number of rotatable bonds is 7. The zero-order valence-corrected chi connectivity index (χ0v) is 17.0. The first kappa shape index (κ1) is 23.7. The fourth-order valence-electron chi connectivity index (χ4n) is 3.45. The van der Waals surface area contributed by atoms with Gasteiger partial charge in [-0.25, -0.2) is 4.79 Å². The number of carbonyl (C=O) groups excluding carboxylic acids is 3. The Bertz CT molecular complexity index is 685. The van der Waals surface area contributed by atoms with Crippen LogP contribution < -0.4 is 22.1 Å². The number of hydrogen-bond donors (Lipinski definition) is 4. The number of primary amides is 1. The maximum Gasteiger partial charge on any atom is 0.312 e. The number of benzene rings is 1. The average molecular weight is 412 g/mol. The molecule has 4 amide bonds. The molecule has 1 saturated heterocycles. The SMILES string of the molecule is Cc1ccccc1C(CC(=O)N1CCCC(C(=O)NCCN)C1)NC(N)=O.Cl. The molecule has 156 valence electrons. The highest BCUT2D eigenvalue weighted by Crippen LogP contribution is 2.24. The Labute approximate surface area is 171 Å². The van der Waals surface area contributed by atoms with Gasteiger partial charge in [-0.2, -0.15) is 0 Å². The maximum absolute atomic E-state index is 12.8. The van der Waals surface area contributed by atoms with E-state index in [2.05, 4.69) is 10.6 Å². The van der Waals surface area contributed by atoms with Crippen molar-refractivity contribution in [1.29, 1.82) is 0 Å². The zero-order chi connectivity index (χ0) is 19.8. The third kappa shape index (κ3) is 6.69. The molecule has 2 atom stereocenters. The molecule has 1 fully saturated rings. The molecule has 1 aromatic carbocycles. The number of nitrogens with zero attached hydrogens (tertiary/aromatic N) is 1. The summed E-state index contributed by atoms with van der Waals surface area (Å²) in [7, 11) is 0. The van der Waals surface area contributed by atoms with Crippen LogP contribution in [-0.4, -0.2) is 48.9 Å². The molecule has 8 nitrogen and oxygen atoms in total. The minimum atomic E-state index is -0.672. The van der Waals surface area contributed by atoms with E-state index in [1.807, 2.05) is 31.2 Å². The monoisotopic (exact) mass is 411 g/mol. The van der Waals surface area contributed by atoms with Crippen molar-refractivity contribution in [2.75, 3.05) is 26.2 Å². The van der Waals surface area contributed by atoms with Gasteiger partial charge in [0.25, 0.3) is 0 Å². The van der Waals surface area contributed by atoms with Gasteiger partial charge in [-0.05, 0) is 30.9 Å². The summed E-state index contributed by atoms with van der Waals surface area (Å²) in [5.41, 5.74) is 12.6. The summed E-state index contributed by atoms with van der Waals surface area (Å²) in [6.45, 7) is 3.73. The quantitative estimate of drug-likeness (QED) is 0.529. The highest BCUT2D eigenvalue weighted by Gasteiger charge is 2.30. The number of nitrogens with two attached hydrogens (primary N) is 2. The fourth-order valence-corrected chi connectivity index (χ4v) is 3.45. The first-order valence-corrected chi connectivity index (χ1v) is 9.29. The summed E-state index contributed by atoms with van der Waals surface area (Å²) >= 11 is 0. The Morgan fingerprint density at radius 1 is 1.29 bits per heavy atom. The van der Waals surface area contributed by atoms with E-state index >= 15 is 0 Å². The molecular formula is C19H30ClN5O3. The second-order valence-corrected chi connectivity index (χ2v) is 6.88. The van der Waals surface area contributed by atoms with Crippen molar-refractivity contribution in [2.45, 2.75) is 32.2 Å². The number of urea groups is 1. The number of aryl methyl sites for hydroxylation is 1. The lowest BCUT2D eigenvalue weighted by Gasteiger charge is -2.33. The smallest absolute Gasteiger partial charge is 0.312 e. The topological polar surface area (TPSA) is 131 Å². The third-order valence-electron chi connectivity index (χ3n) is 4.85. The molecular weight excluding hydrogens is 382 g/mol. The molecule has 28 heavy (non-hydrogen) atoms. The number of carbonyl (C=O) groups is 3. The van der Waals surface area contributed by atoms with Crippen molar-refractivity contribution in [1.82, 2.24) is 15.5 Å². The molecule has 2 rings (SSSR count). The number of piperidine rings is 1. The number of nitrogens with one attached hydrogen (secondary N) is 2. The standard InChI is InChI=1S/C19H29N5O3.ClH/c1-13-5-2-3-7-15(13)16(23-19(21)27)11-17(25)24-10-4-6-14(12-24)18(26)22-9-8-20;/h2-3,5,7,14,16H,4,6,8-12,20H2,1H3,(H,22,26)(H3,21,23,27);1H. The van der Waals surface area contributed by atoms with Gasteiger partial charge in [0.05, 0.1) is 18.4 Å². The highest BCUT2D eigenvalue weighted by atomic mass is 35.5. The summed E-state index contributed by atoms with van der Waals surface area (Å²) in [5.74, 6) is -0.396. The van der Waals surface area contributed by atoms with Crippen LogP contribution in [0, 0.1) is 12.8 Å². The van der Waals surface area contributed by atoms with Gasteiger partial charge in [0.1, 0.15) is 0 Å². The first-order valence-electron chi connectivity index (χ1n) is 9.29. The minimum absolute atomic E-state index is 0. The molecule has 1 aromatic rings. The van der Waals surface area contributed by atoms with Crippen molar-refractivity contribution in [3.05, 3.63) is 35.4 Å². The molecule has 1 aliphatic rings. The summed E-state index contributed by atoms with van der Waals surface area (Å²) in [6, 6.07) is 6.39.